The van der Waals surface area contributed by atoms with Crippen molar-refractivity contribution >= 4 is 5.96 Å². The van der Waals surface area contributed by atoms with Gasteiger partial charge in [-0.25, -0.2) is 4.99 Å². The second kappa shape index (κ2) is 14.2. The van der Waals surface area contributed by atoms with Gasteiger partial charge in [0.25, 0.3) is 0 Å². The third-order valence-corrected chi connectivity index (χ3v) is 3.44. The lowest BCUT2D eigenvalue weighted by atomic mass is 10.3. The van der Waals surface area contributed by atoms with Gasteiger partial charge in [0.05, 0.1) is 26.9 Å². The molecule has 0 aromatic heterocycles. The predicted molar refractivity (Wildman–Crippen MR) is 104 cm³/mol. The molecule has 0 radical (unpaired) electrons. The van der Waals surface area contributed by atoms with Crippen LogP contribution in [0.5, 0.6) is 11.5 Å². The van der Waals surface area contributed by atoms with E-state index < -0.39 is 0 Å². The monoisotopic (exact) mass is 367 g/mol. The van der Waals surface area contributed by atoms with Crippen LogP contribution in [-0.4, -0.2) is 65.7 Å². The Bertz CT molecular complexity index is 511. The standard InChI is InChI=1S/C19H33N3O4/c1-5-20-19(21-11-8-12-25-14-13-23-3)22-15-16(2)26-18-10-7-6-9-17(18)24-4/h6-7,9-10,16H,5,8,11-15H2,1-4H3,(H2,20,21,22). The second-order valence-corrected chi connectivity index (χ2v) is 5.68. The van der Waals surface area contributed by atoms with Crippen LogP contribution >= 0.6 is 0 Å². The number of hydrogen-bond donors (Lipinski definition) is 2. The first-order chi connectivity index (χ1) is 12.7. The number of ether oxygens (including phenoxy) is 4. The van der Waals surface area contributed by atoms with Crippen molar-refractivity contribution in [2.75, 3.05) is 53.7 Å². The maximum Gasteiger partial charge on any atom is 0.191 e. The van der Waals surface area contributed by atoms with Crippen LogP contribution in [0.25, 0.3) is 0 Å². The van der Waals surface area contributed by atoms with Crippen LogP contribution in [0.2, 0.25) is 0 Å². The molecule has 0 spiro atoms. The highest BCUT2D eigenvalue weighted by atomic mass is 16.5. The number of benzene rings is 1. The topological polar surface area (TPSA) is 73.3 Å². The van der Waals surface area contributed by atoms with E-state index >= 15 is 0 Å². The lowest BCUT2D eigenvalue weighted by Gasteiger charge is -2.16. The number of para-hydroxylation sites is 2. The Morgan fingerprint density at radius 3 is 2.54 bits per heavy atom. The third kappa shape index (κ3) is 9.48. The van der Waals surface area contributed by atoms with Crippen LogP contribution in [0.1, 0.15) is 20.3 Å². The van der Waals surface area contributed by atoms with Gasteiger partial charge in [-0.3, -0.25) is 0 Å². The van der Waals surface area contributed by atoms with Crippen molar-refractivity contribution < 1.29 is 18.9 Å². The van der Waals surface area contributed by atoms with E-state index in [-0.39, 0.29) is 6.10 Å². The van der Waals surface area contributed by atoms with E-state index in [2.05, 4.69) is 15.6 Å². The number of methoxy groups -OCH3 is 2. The molecule has 2 N–H and O–H groups in total. The summed E-state index contributed by atoms with van der Waals surface area (Å²) in [7, 11) is 3.31. The van der Waals surface area contributed by atoms with Gasteiger partial charge in [0.15, 0.2) is 17.5 Å². The summed E-state index contributed by atoms with van der Waals surface area (Å²) in [4.78, 5) is 4.58. The van der Waals surface area contributed by atoms with Crippen LogP contribution in [0, 0.1) is 0 Å². The first kappa shape index (κ1) is 22.1. The molecule has 0 bridgehead atoms. The minimum atomic E-state index is -0.0702. The Hall–Kier alpha value is -1.99. The van der Waals surface area contributed by atoms with Crippen molar-refractivity contribution in [1.29, 1.82) is 0 Å². The number of guanidine groups is 1. The van der Waals surface area contributed by atoms with Crippen LogP contribution in [-0.2, 0) is 9.47 Å². The zero-order valence-electron chi connectivity index (χ0n) is 16.4. The Labute approximate surface area is 157 Å². The van der Waals surface area contributed by atoms with Gasteiger partial charge < -0.3 is 29.6 Å². The molecule has 1 atom stereocenters. The SMILES string of the molecule is CCNC(=NCC(C)Oc1ccccc1OC)NCCCOCCOC. The van der Waals surface area contributed by atoms with E-state index in [1.54, 1.807) is 14.2 Å². The van der Waals surface area contributed by atoms with E-state index in [4.69, 9.17) is 18.9 Å². The normalized spacial score (nSPS) is 12.5. The highest BCUT2D eigenvalue weighted by Gasteiger charge is 2.08. The molecule has 0 heterocycles. The van der Waals surface area contributed by atoms with Crippen LogP contribution in [0.3, 0.4) is 0 Å². The highest BCUT2D eigenvalue weighted by Crippen LogP contribution is 2.26. The average Bonchev–Trinajstić information content (AvgIpc) is 2.65. The molecule has 1 unspecified atom stereocenters. The summed E-state index contributed by atoms with van der Waals surface area (Å²) in [5, 5.41) is 6.53. The predicted octanol–water partition coefficient (Wildman–Crippen LogP) is 2.07. The fourth-order valence-electron chi connectivity index (χ4n) is 2.16. The van der Waals surface area contributed by atoms with Gasteiger partial charge in [-0.2, -0.15) is 0 Å². The van der Waals surface area contributed by atoms with Gasteiger partial charge in [-0.05, 0) is 32.4 Å². The quantitative estimate of drug-likeness (QED) is 0.316. The number of rotatable bonds is 13. The Morgan fingerprint density at radius 2 is 1.85 bits per heavy atom. The molecule has 7 heteroatoms. The Morgan fingerprint density at radius 1 is 1.08 bits per heavy atom. The summed E-state index contributed by atoms with van der Waals surface area (Å²) in [6, 6.07) is 7.62. The second-order valence-electron chi connectivity index (χ2n) is 5.68. The molecule has 0 saturated carbocycles. The molecule has 1 aromatic rings. The van der Waals surface area contributed by atoms with Crippen molar-refractivity contribution in [1.82, 2.24) is 10.6 Å². The summed E-state index contributed by atoms with van der Waals surface area (Å²) < 4.78 is 21.6. The van der Waals surface area contributed by atoms with Crippen LogP contribution < -0.4 is 20.1 Å². The van der Waals surface area contributed by atoms with Gasteiger partial charge in [-0.15, -0.1) is 0 Å². The summed E-state index contributed by atoms with van der Waals surface area (Å²) in [5.41, 5.74) is 0. The fraction of sp³-hybridized carbons (Fsp3) is 0.632. The van der Waals surface area contributed by atoms with Crippen molar-refractivity contribution in [3.63, 3.8) is 0 Å². The summed E-state index contributed by atoms with van der Waals surface area (Å²) >= 11 is 0. The molecule has 7 nitrogen and oxygen atoms in total. The largest absolute Gasteiger partial charge is 0.493 e. The maximum absolute atomic E-state index is 5.93. The van der Waals surface area contributed by atoms with Crippen LogP contribution in [0.4, 0.5) is 0 Å². The molecule has 0 saturated heterocycles. The number of nitrogens with zero attached hydrogens (tertiary/aromatic N) is 1. The smallest absolute Gasteiger partial charge is 0.191 e. The summed E-state index contributed by atoms with van der Waals surface area (Å²) in [5.74, 6) is 2.23. The number of nitrogens with one attached hydrogen (secondary N) is 2. The fourth-order valence-corrected chi connectivity index (χ4v) is 2.16. The lowest BCUT2D eigenvalue weighted by molar-refractivity contribution is 0.0698. The molecule has 0 aliphatic carbocycles. The Kier molecular flexibility index (Phi) is 12.1. The molecule has 1 rings (SSSR count). The zero-order chi connectivity index (χ0) is 19.0. The molecular weight excluding hydrogens is 334 g/mol. The van der Waals surface area contributed by atoms with Gasteiger partial charge >= 0.3 is 0 Å². The molecule has 26 heavy (non-hydrogen) atoms. The maximum atomic E-state index is 5.93. The zero-order valence-corrected chi connectivity index (χ0v) is 16.4. The average molecular weight is 367 g/mol. The van der Waals surface area contributed by atoms with E-state index in [0.717, 1.165) is 37.0 Å². The first-order valence-corrected chi connectivity index (χ1v) is 9.09. The van der Waals surface area contributed by atoms with E-state index in [1.807, 2.05) is 38.1 Å². The molecule has 1 aromatic carbocycles. The molecule has 0 fully saturated rings. The minimum Gasteiger partial charge on any atom is -0.493 e. The first-order valence-electron chi connectivity index (χ1n) is 9.09. The van der Waals surface area contributed by atoms with Gasteiger partial charge in [0, 0.05) is 26.8 Å². The van der Waals surface area contributed by atoms with E-state index in [9.17, 15) is 0 Å². The third-order valence-electron chi connectivity index (χ3n) is 3.44. The molecule has 148 valence electrons. The molecular formula is C19H33N3O4. The van der Waals surface area contributed by atoms with Gasteiger partial charge in [0.1, 0.15) is 6.10 Å². The van der Waals surface area contributed by atoms with Gasteiger partial charge in [0.2, 0.25) is 0 Å². The molecule has 0 aliphatic rings. The lowest BCUT2D eigenvalue weighted by Crippen LogP contribution is -2.38. The molecule has 0 amide bonds. The highest BCUT2D eigenvalue weighted by molar-refractivity contribution is 5.79. The summed E-state index contributed by atoms with van der Waals surface area (Å²) in [6.07, 6.45) is 0.834. The molecule has 0 aliphatic heterocycles. The minimum absolute atomic E-state index is 0.0702. The number of aliphatic imine (C=N–C) groups is 1. The van der Waals surface area contributed by atoms with Crippen molar-refractivity contribution in [2.24, 2.45) is 4.99 Å². The van der Waals surface area contributed by atoms with Crippen molar-refractivity contribution in [2.45, 2.75) is 26.4 Å². The Balaban J connectivity index is 2.37. The van der Waals surface area contributed by atoms with E-state index in [1.165, 1.54) is 0 Å². The number of hydrogen-bond acceptors (Lipinski definition) is 5. The van der Waals surface area contributed by atoms with Crippen LogP contribution in [0.15, 0.2) is 29.3 Å². The van der Waals surface area contributed by atoms with Crippen molar-refractivity contribution in [3.8, 4) is 11.5 Å². The van der Waals surface area contributed by atoms with Crippen molar-refractivity contribution in [3.05, 3.63) is 24.3 Å². The summed E-state index contributed by atoms with van der Waals surface area (Å²) in [6.45, 7) is 8.12. The van der Waals surface area contributed by atoms with Gasteiger partial charge in [-0.1, -0.05) is 12.1 Å². The van der Waals surface area contributed by atoms with E-state index in [0.29, 0.717) is 26.4 Å².